The number of piperazine rings is 1. The molecule has 0 atom stereocenters. The third-order valence-corrected chi connectivity index (χ3v) is 5.32. The van der Waals surface area contributed by atoms with Gasteiger partial charge in [0.2, 0.25) is 11.8 Å². The molecule has 1 aliphatic heterocycles. The molecule has 2 aromatic carbocycles. The molecule has 9 nitrogen and oxygen atoms in total. The van der Waals surface area contributed by atoms with Crippen molar-refractivity contribution in [1.29, 1.82) is 0 Å². The topological polar surface area (TPSA) is 101 Å². The Hall–Kier alpha value is -3.79. The van der Waals surface area contributed by atoms with Crippen molar-refractivity contribution in [3.63, 3.8) is 0 Å². The highest BCUT2D eigenvalue weighted by atomic mass is 19.1. The third-order valence-electron chi connectivity index (χ3n) is 5.32. The van der Waals surface area contributed by atoms with Crippen LogP contribution in [0, 0.1) is 5.82 Å². The smallest absolute Gasteiger partial charge is 0.253 e. The minimum atomic E-state index is -0.368. The normalized spacial score (nSPS) is 14.2. The molecule has 0 bridgehead atoms. The number of halogens is 1. The highest BCUT2D eigenvalue weighted by molar-refractivity contribution is 5.94. The van der Waals surface area contributed by atoms with E-state index in [4.69, 9.17) is 9.26 Å². The number of carbonyl (C=O) groups is 2. The second-order valence-corrected chi connectivity index (χ2v) is 7.60. The number of benzene rings is 2. The van der Waals surface area contributed by atoms with Crippen molar-refractivity contribution in [2.24, 2.45) is 0 Å². The number of ether oxygens (including phenoxy) is 1. The molecule has 10 heteroatoms. The van der Waals surface area contributed by atoms with Gasteiger partial charge in [-0.15, -0.1) is 0 Å². The summed E-state index contributed by atoms with van der Waals surface area (Å²) in [5, 5.41) is 6.67. The zero-order chi connectivity index (χ0) is 23.2. The van der Waals surface area contributed by atoms with E-state index in [0.29, 0.717) is 61.4 Å². The van der Waals surface area contributed by atoms with Gasteiger partial charge >= 0.3 is 0 Å². The molecule has 0 radical (unpaired) electrons. The van der Waals surface area contributed by atoms with E-state index < -0.39 is 0 Å². The Morgan fingerprint density at radius 3 is 2.55 bits per heavy atom. The fourth-order valence-electron chi connectivity index (χ4n) is 3.59. The molecule has 0 spiro atoms. The van der Waals surface area contributed by atoms with Crippen molar-refractivity contribution in [2.75, 3.05) is 38.6 Å². The van der Waals surface area contributed by atoms with Crippen LogP contribution in [0.4, 0.5) is 10.1 Å². The molecule has 4 rings (SSSR count). The van der Waals surface area contributed by atoms with E-state index in [2.05, 4.69) is 20.4 Å². The number of amides is 2. The van der Waals surface area contributed by atoms with Gasteiger partial charge in [-0.05, 0) is 36.4 Å². The molecule has 1 aromatic heterocycles. The van der Waals surface area contributed by atoms with Crippen LogP contribution in [0.25, 0.3) is 0 Å². The van der Waals surface area contributed by atoms with E-state index in [1.165, 1.54) is 31.4 Å². The van der Waals surface area contributed by atoms with Gasteiger partial charge in [0.15, 0.2) is 5.82 Å². The van der Waals surface area contributed by atoms with E-state index in [1.807, 2.05) is 6.07 Å². The summed E-state index contributed by atoms with van der Waals surface area (Å²) < 4.78 is 23.6. The first-order valence-electron chi connectivity index (χ1n) is 10.5. The third kappa shape index (κ3) is 5.72. The largest absolute Gasteiger partial charge is 0.495 e. The number of rotatable bonds is 7. The van der Waals surface area contributed by atoms with Gasteiger partial charge < -0.3 is 19.5 Å². The Labute approximate surface area is 190 Å². The van der Waals surface area contributed by atoms with Crippen molar-refractivity contribution >= 4 is 17.5 Å². The number of aromatic nitrogens is 2. The van der Waals surface area contributed by atoms with E-state index in [0.717, 1.165) is 0 Å². The summed E-state index contributed by atoms with van der Waals surface area (Å²) >= 11 is 0. The van der Waals surface area contributed by atoms with Gasteiger partial charge in [-0.25, -0.2) is 4.39 Å². The summed E-state index contributed by atoms with van der Waals surface area (Å²) in [6.07, 6.45) is -0.0263. The Morgan fingerprint density at radius 1 is 1.09 bits per heavy atom. The van der Waals surface area contributed by atoms with Crippen molar-refractivity contribution in [3.05, 3.63) is 71.6 Å². The molecule has 33 heavy (non-hydrogen) atoms. The zero-order valence-electron chi connectivity index (χ0n) is 18.2. The molecule has 0 saturated carbocycles. The maximum atomic E-state index is 13.1. The lowest BCUT2D eigenvalue weighted by Crippen LogP contribution is -2.48. The Morgan fingerprint density at radius 2 is 1.82 bits per heavy atom. The summed E-state index contributed by atoms with van der Waals surface area (Å²) in [5.74, 6) is 0.510. The van der Waals surface area contributed by atoms with E-state index in [9.17, 15) is 14.0 Å². The summed E-state index contributed by atoms with van der Waals surface area (Å²) in [4.78, 5) is 33.0. The number of nitrogens with zero attached hydrogens (tertiary/aromatic N) is 4. The highest BCUT2D eigenvalue weighted by Gasteiger charge is 2.23. The van der Waals surface area contributed by atoms with Gasteiger partial charge in [-0.3, -0.25) is 14.5 Å². The molecule has 0 aliphatic carbocycles. The number of nitrogens with one attached hydrogen (secondary N) is 1. The summed E-state index contributed by atoms with van der Waals surface area (Å²) in [6, 6.07) is 12.7. The fraction of sp³-hybridized carbons (Fsp3) is 0.304. The second kappa shape index (κ2) is 10.2. The van der Waals surface area contributed by atoms with Gasteiger partial charge in [-0.2, -0.15) is 4.98 Å². The van der Waals surface area contributed by atoms with E-state index >= 15 is 0 Å². The first-order chi connectivity index (χ1) is 16.0. The lowest BCUT2D eigenvalue weighted by atomic mass is 10.2. The molecule has 2 amide bonds. The minimum absolute atomic E-state index is 0.0263. The van der Waals surface area contributed by atoms with Crippen LogP contribution in [0.15, 0.2) is 53.1 Å². The molecule has 0 unspecified atom stereocenters. The SMILES string of the molecule is COc1ccccc1NC(=O)Cc1noc(CN2CCN(C(=O)c3ccc(F)cc3)CC2)n1. The maximum absolute atomic E-state index is 13.1. The van der Waals surface area contributed by atoms with Gasteiger partial charge in [0.1, 0.15) is 11.6 Å². The van der Waals surface area contributed by atoms with Crippen LogP contribution in [0.1, 0.15) is 22.1 Å². The van der Waals surface area contributed by atoms with Crippen molar-refractivity contribution in [1.82, 2.24) is 19.9 Å². The van der Waals surface area contributed by atoms with Crippen molar-refractivity contribution in [2.45, 2.75) is 13.0 Å². The number of hydrogen-bond donors (Lipinski definition) is 1. The van der Waals surface area contributed by atoms with Gasteiger partial charge in [0.05, 0.1) is 25.8 Å². The van der Waals surface area contributed by atoms with Crippen LogP contribution in [0.2, 0.25) is 0 Å². The van der Waals surface area contributed by atoms with Crippen molar-refractivity contribution in [3.8, 4) is 5.75 Å². The van der Waals surface area contributed by atoms with Crippen LogP contribution in [-0.2, 0) is 17.8 Å². The quantitative estimate of drug-likeness (QED) is 0.586. The Kier molecular flexibility index (Phi) is 6.94. The first-order valence-corrected chi connectivity index (χ1v) is 10.5. The average Bonchev–Trinajstić information content (AvgIpc) is 3.26. The van der Waals surface area contributed by atoms with Crippen LogP contribution in [0.5, 0.6) is 5.75 Å². The molecule has 3 aromatic rings. The molecular weight excluding hydrogens is 429 g/mol. The van der Waals surface area contributed by atoms with Crippen molar-refractivity contribution < 1.29 is 23.2 Å². The standard InChI is InChI=1S/C23H24FN5O4/c1-32-19-5-3-2-4-18(19)25-21(30)14-20-26-22(33-27-20)15-28-10-12-29(13-11-28)23(31)16-6-8-17(24)9-7-16/h2-9H,10-15H2,1H3,(H,25,30). The Bertz CT molecular complexity index is 1110. The second-order valence-electron chi connectivity index (χ2n) is 7.60. The van der Waals surface area contributed by atoms with Crippen LogP contribution >= 0.6 is 0 Å². The zero-order valence-corrected chi connectivity index (χ0v) is 18.2. The minimum Gasteiger partial charge on any atom is -0.495 e. The monoisotopic (exact) mass is 453 g/mol. The number of anilines is 1. The lowest BCUT2D eigenvalue weighted by Gasteiger charge is -2.34. The molecule has 1 fully saturated rings. The molecule has 1 saturated heterocycles. The predicted molar refractivity (Wildman–Crippen MR) is 117 cm³/mol. The maximum Gasteiger partial charge on any atom is 0.253 e. The Balaban J connectivity index is 1.26. The average molecular weight is 453 g/mol. The predicted octanol–water partition coefficient (Wildman–Crippen LogP) is 2.36. The fourth-order valence-corrected chi connectivity index (χ4v) is 3.59. The summed E-state index contributed by atoms with van der Waals surface area (Å²) in [5.41, 5.74) is 1.04. The first kappa shape index (κ1) is 22.4. The van der Waals surface area contributed by atoms with Crippen LogP contribution in [0.3, 0.4) is 0 Å². The van der Waals surface area contributed by atoms with E-state index in [1.54, 1.807) is 23.1 Å². The van der Waals surface area contributed by atoms with Gasteiger partial charge in [-0.1, -0.05) is 17.3 Å². The molecule has 172 valence electrons. The molecule has 2 heterocycles. The van der Waals surface area contributed by atoms with Gasteiger partial charge in [0, 0.05) is 31.7 Å². The summed E-state index contributed by atoms with van der Waals surface area (Å²) in [7, 11) is 1.54. The van der Waals surface area contributed by atoms with E-state index in [-0.39, 0.29) is 24.1 Å². The molecular formula is C23H24FN5O4. The number of carbonyl (C=O) groups excluding carboxylic acids is 2. The van der Waals surface area contributed by atoms with Crippen LogP contribution in [-0.4, -0.2) is 65.0 Å². The number of methoxy groups -OCH3 is 1. The lowest BCUT2D eigenvalue weighted by molar-refractivity contribution is -0.115. The summed E-state index contributed by atoms with van der Waals surface area (Å²) in [6.45, 7) is 2.79. The van der Waals surface area contributed by atoms with Gasteiger partial charge in [0.25, 0.3) is 5.91 Å². The van der Waals surface area contributed by atoms with Crippen LogP contribution < -0.4 is 10.1 Å². The molecule has 1 N–H and O–H groups in total. The highest BCUT2D eigenvalue weighted by Crippen LogP contribution is 2.23. The molecule has 1 aliphatic rings. The number of para-hydroxylation sites is 2. The number of hydrogen-bond acceptors (Lipinski definition) is 7.